The van der Waals surface area contributed by atoms with Gasteiger partial charge in [0.1, 0.15) is 10.8 Å². The molecule has 3 aromatic rings. The van der Waals surface area contributed by atoms with Gasteiger partial charge in [-0.1, -0.05) is 0 Å². The van der Waals surface area contributed by atoms with E-state index in [1.165, 1.54) is 74.0 Å². The van der Waals surface area contributed by atoms with E-state index in [2.05, 4.69) is 10.0 Å². The van der Waals surface area contributed by atoms with Crippen molar-refractivity contribution in [2.75, 3.05) is 37.9 Å². The maximum Gasteiger partial charge on any atom is 0.409 e. The van der Waals surface area contributed by atoms with Gasteiger partial charge in [-0.3, -0.25) is 9.52 Å². The van der Waals surface area contributed by atoms with Crippen LogP contribution < -0.4 is 14.8 Å². The van der Waals surface area contributed by atoms with Gasteiger partial charge in [0.25, 0.3) is 15.9 Å². The fourth-order valence-corrected chi connectivity index (χ4v) is 6.23. The number of carbonyl (C=O) groups is 3. The number of methoxy groups -OCH3 is 3. The number of carbonyl (C=O) groups excluding carboxylic acids is 3. The Balaban J connectivity index is 1.51. The summed E-state index contributed by atoms with van der Waals surface area (Å²) in [6.45, 7) is 0.608. The van der Waals surface area contributed by atoms with E-state index in [-0.39, 0.29) is 28.3 Å². The fourth-order valence-electron chi connectivity index (χ4n) is 3.93. The zero-order valence-corrected chi connectivity index (χ0v) is 22.4. The predicted octanol–water partition coefficient (Wildman–Crippen LogP) is 3.72. The van der Waals surface area contributed by atoms with Gasteiger partial charge in [0.05, 0.1) is 38.3 Å². The van der Waals surface area contributed by atoms with Gasteiger partial charge in [-0.15, -0.1) is 11.3 Å². The molecule has 0 unspecified atom stereocenters. The summed E-state index contributed by atoms with van der Waals surface area (Å²) in [6.07, 6.45) is -0.0680. The molecular formula is C25H25N3O8S2. The molecule has 2 heterocycles. The zero-order valence-electron chi connectivity index (χ0n) is 20.8. The number of benzene rings is 2. The largest absolute Gasteiger partial charge is 0.497 e. The molecule has 0 spiro atoms. The van der Waals surface area contributed by atoms with E-state index in [4.69, 9.17) is 14.2 Å². The molecule has 0 saturated heterocycles. The minimum Gasteiger partial charge on any atom is -0.497 e. The first-order valence-electron chi connectivity index (χ1n) is 11.3. The maximum atomic E-state index is 13.0. The third-order valence-electron chi connectivity index (χ3n) is 5.88. The molecule has 0 radical (unpaired) electrons. The molecule has 2 N–H and O–H groups in total. The molecule has 4 rings (SSSR count). The van der Waals surface area contributed by atoms with Gasteiger partial charge in [-0.25, -0.2) is 18.0 Å². The third kappa shape index (κ3) is 5.58. The summed E-state index contributed by atoms with van der Waals surface area (Å²) in [5.74, 6) is -0.558. The van der Waals surface area contributed by atoms with Gasteiger partial charge >= 0.3 is 12.1 Å². The average Bonchev–Trinajstić information content (AvgIpc) is 3.29. The number of rotatable bonds is 7. The van der Waals surface area contributed by atoms with Crippen molar-refractivity contribution in [1.82, 2.24) is 4.90 Å². The Morgan fingerprint density at radius 2 is 1.63 bits per heavy atom. The number of esters is 1. The number of nitrogens with one attached hydrogen (secondary N) is 2. The molecule has 200 valence electrons. The van der Waals surface area contributed by atoms with E-state index in [0.29, 0.717) is 23.7 Å². The summed E-state index contributed by atoms with van der Waals surface area (Å²) in [5.41, 5.74) is 1.49. The molecule has 0 fully saturated rings. The van der Waals surface area contributed by atoms with Gasteiger partial charge < -0.3 is 24.4 Å². The summed E-state index contributed by atoms with van der Waals surface area (Å²) in [5, 5.41) is 3.06. The standard InChI is InChI=1S/C25H25N3O8S2/c1-34-17-8-10-18(11-9-17)38(32,33)27-16-6-4-15(5-7-16)22(29)26-23-21(24(30)35-2)19-12-13-28(25(31)36-3)14-20(19)37-23/h4-11,27H,12-14H2,1-3H3,(H,26,29). The minimum atomic E-state index is -3.85. The average molecular weight is 560 g/mol. The molecule has 38 heavy (non-hydrogen) atoms. The second-order valence-electron chi connectivity index (χ2n) is 8.15. The highest BCUT2D eigenvalue weighted by Gasteiger charge is 2.31. The topological polar surface area (TPSA) is 140 Å². The van der Waals surface area contributed by atoms with Crippen LogP contribution in [0.25, 0.3) is 0 Å². The number of anilines is 2. The van der Waals surface area contributed by atoms with Crippen molar-refractivity contribution in [2.45, 2.75) is 17.9 Å². The van der Waals surface area contributed by atoms with Gasteiger partial charge in [-0.05, 0) is 60.5 Å². The Morgan fingerprint density at radius 3 is 2.24 bits per heavy atom. The van der Waals surface area contributed by atoms with Crippen molar-refractivity contribution in [3.05, 3.63) is 70.1 Å². The molecule has 0 atom stereocenters. The predicted molar refractivity (Wildman–Crippen MR) is 140 cm³/mol. The lowest BCUT2D eigenvalue weighted by atomic mass is 10.0. The Hall–Kier alpha value is -4.10. The first-order valence-corrected chi connectivity index (χ1v) is 13.6. The molecule has 2 aromatic carbocycles. The molecule has 2 amide bonds. The van der Waals surface area contributed by atoms with Crippen LogP contribution in [0.2, 0.25) is 0 Å². The number of fused-ring (bicyclic) bond motifs is 1. The van der Waals surface area contributed by atoms with E-state index in [0.717, 1.165) is 10.4 Å². The normalized spacial score (nSPS) is 12.8. The lowest BCUT2D eigenvalue weighted by Crippen LogP contribution is -2.35. The SMILES string of the molecule is COC(=O)c1c(NC(=O)c2ccc(NS(=O)(=O)c3ccc(OC)cc3)cc2)sc2c1CCN(C(=O)OC)C2. The first kappa shape index (κ1) is 26.9. The van der Waals surface area contributed by atoms with Gasteiger partial charge in [0.15, 0.2) is 0 Å². The van der Waals surface area contributed by atoms with Crippen molar-refractivity contribution in [1.29, 1.82) is 0 Å². The van der Waals surface area contributed by atoms with Crippen molar-refractivity contribution < 1.29 is 37.0 Å². The highest BCUT2D eigenvalue weighted by atomic mass is 32.2. The van der Waals surface area contributed by atoms with Crippen LogP contribution in [0, 0.1) is 0 Å². The third-order valence-corrected chi connectivity index (χ3v) is 8.40. The van der Waals surface area contributed by atoms with E-state index in [1.54, 1.807) is 12.1 Å². The maximum absolute atomic E-state index is 13.0. The van der Waals surface area contributed by atoms with Crippen LogP contribution in [0.1, 0.15) is 31.2 Å². The summed E-state index contributed by atoms with van der Waals surface area (Å²) < 4.78 is 42.6. The highest BCUT2D eigenvalue weighted by molar-refractivity contribution is 7.92. The number of nitrogens with zero attached hydrogens (tertiary/aromatic N) is 1. The van der Waals surface area contributed by atoms with Crippen LogP contribution in [0.4, 0.5) is 15.5 Å². The lowest BCUT2D eigenvalue weighted by Gasteiger charge is -2.25. The molecule has 11 nitrogen and oxygen atoms in total. The van der Waals surface area contributed by atoms with Crippen LogP contribution in [-0.4, -0.2) is 59.2 Å². The Bertz CT molecular complexity index is 1470. The number of sulfonamides is 1. The van der Waals surface area contributed by atoms with Gasteiger partial charge in [0.2, 0.25) is 0 Å². The van der Waals surface area contributed by atoms with Crippen LogP contribution in [0.15, 0.2) is 53.4 Å². The summed E-state index contributed by atoms with van der Waals surface area (Å²) in [6, 6.07) is 11.8. The lowest BCUT2D eigenvalue weighted by molar-refractivity contribution is 0.0600. The Labute approximate surface area is 223 Å². The van der Waals surface area contributed by atoms with E-state index in [1.807, 2.05) is 0 Å². The van der Waals surface area contributed by atoms with Crippen molar-refractivity contribution >= 4 is 50.0 Å². The van der Waals surface area contributed by atoms with Crippen LogP contribution in [-0.2, 0) is 32.5 Å². The quantitative estimate of drug-likeness (QED) is 0.418. The number of ether oxygens (including phenoxy) is 3. The Kier molecular flexibility index (Phi) is 7.88. The number of amides is 2. The summed E-state index contributed by atoms with van der Waals surface area (Å²) >= 11 is 1.19. The van der Waals surface area contributed by atoms with Crippen LogP contribution in [0.3, 0.4) is 0 Å². The zero-order chi connectivity index (χ0) is 27.4. The minimum absolute atomic E-state index is 0.0582. The second kappa shape index (κ2) is 11.1. The number of hydrogen-bond donors (Lipinski definition) is 2. The van der Waals surface area contributed by atoms with Crippen molar-refractivity contribution in [3.8, 4) is 5.75 Å². The Morgan fingerprint density at radius 1 is 0.947 bits per heavy atom. The van der Waals surface area contributed by atoms with Gasteiger partial charge in [-0.2, -0.15) is 0 Å². The summed E-state index contributed by atoms with van der Waals surface area (Å²) in [4.78, 5) is 39.8. The molecule has 1 aliphatic rings. The monoisotopic (exact) mass is 559 g/mol. The van der Waals surface area contributed by atoms with Gasteiger partial charge in [0, 0.05) is 22.7 Å². The molecule has 0 aliphatic carbocycles. The van der Waals surface area contributed by atoms with Crippen molar-refractivity contribution in [2.24, 2.45) is 0 Å². The molecule has 13 heteroatoms. The molecule has 0 saturated carbocycles. The van der Waals surface area contributed by atoms with E-state index >= 15 is 0 Å². The molecule has 0 bridgehead atoms. The smallest absolute Gasteiger partial charge is 0.409 e. The number of hydrogen-bond acceptors (Lipinski definition) is 9. The number of thiophene rings is 1. The fraction of sp³-hybridized carbons (Fsp3) is 0.240. The molecule has 1 aliphatic heterocycles. The second-order valence-corrected chi connectivity index (χ2v) is 10.9. The highest BCUT2D eigenvalue weighted by Crippen LogP contribution is 2.38. The summed E-state index contributed by atoms with van der Waals surface area (Å²) in [7, 11) is 0.198. The molecule has 1 aromatic heterocycles. The van der Waals surface area contributed by atoms with Crippen LogP contribution >= 0.6 is 11.3 Å². The van der Waals surface area contributed by atoms with Crippen LogP contribution in [0.5, 0.6) is 5.75 Å². The van der Waals surface area contributed by atoms with E-state index in [9.17, 15) is 22.8 Å². The molecular weight excluding hydrogens is 534 g/mol. The van der Waals surface area contributed by atoms with E-state index < -0.39 is 28.0 Å². The van der Waals surface area contributed by atoms with Crippen molar-refractivity contribution in [3.63, 3.8) is 0 Å². The first-order chi connectivity index (χ1) is 18.2.